The van der Waals surface area contributed by atoms with Crippen LogP contribution >= 0.6 is 0 Å². The Morgan fingerprint density at radius 1 is 1.05 bits per heavy atom. The number of hydrogen-bond acceptors (Lipinski definition) is 10. The number of ether oxygens (including phenoxy) is 5. The molecule has 4 unspecified atom stereocenters. The van der Waals surface area contributed by atoms with Gasteiger partial charge in [0.15, 0.2) is 17.5 Å². The molecule has 1 aliphatic heterocycles. The number of carbonyl (C=O) groups excluding carboxylic acids is 4. The second-order valence-electron chi connectivity index (χ2n) is 9.53. The second-order valence-corrected chi connectivity index (χ2v) is 9.53. The molecule has 0 radical (unpaired) electrons. The molecule has 1 aromatic heterocycles. The minimum Gasteiger partial charge on any atom is -0.493 e. The summed E-state index contributed by atoms with van der Waals surface area (Å²) in [7, 11) is 1.36. The van der Waals surface area contributed by atoms with Crippen LogP contribution in [-0.2, 0) is 23.9 Å². The van der Waals surface area contributed by atoms with Gasteiger partial charge in [-0.1, -0.05) is 18.2 Å². The van der Waals surface area contributed by atoms with E-state index in [1.54, 1.807) is 19.1 Å². The number of esters is 3. The number of benzene rings is 1. The smallest absolute Gasteiger partial charge is 0.329 e. The number of hydrogen-bond donors (Lipinski definition) is 1. The van der Waals surface area contributed by atoms with Crippen LogP contribution < -0.4 is 19.5 Å². The first kappa shape index (κ1) is 27.9. The third kappa shape index (κ3) is 7.24. The molecule has 2 aliphatic rings. The molecule has 208 valence electrons. The molecular formula is C28H32N2O9. The Kier molecular flexibility index (Phi) is 9.00. The summed E-state index contributed by atoms with van der Waals surface area (Å²) in [6, 6.07) is 9.54. The number of nitrogens with zero attached hydrogens (tertiary/aromatic N) is 1. The molecule has 39 heavy (non-hydrogen) atoms. The predicted molar refractivity (Wildman–Crippen MR) is 136 cm³/mol. The van der Waals surface area contributed by atoms with Gasteiger partial charge in [-0.05, 0) is 51.2 Å². The van der Waals surface area contributed by atoms with E-state index in [1.807, 2.05) is 18.2 Å². The number of methoxy groups -OCH3 is 1. The third-order valence-corrected chi connectivity index (χ3v) is 6.45. The lowest BCUT2D eigenvalue weighted by Gasteiger charge is -2.31. The van der Waals surface area contributed by atoms with Crippen molar-refractivity contribution < 1.29 is 42.9 Å². The highest BCUT2D eigenvalue weighted by Gasteiger charge is 2.41. The van der Waals surface area contributed by atoms with Crippen molar-refractivity contribution in [2.75, 3.05) is 7.11 Å². The van der Waals surface area contributed by atoms with Crippen molar-refractivity contribution in [1.29, 1.82) is 0 Å². The highest BCUT2D eigenvalue weighted by molar-refractivity contribution is 5.98. The average molecular weight is 541 g/mol. The van der Waals surface area contributed by atoms with Crippen molar-refractivity contribution in [3.05, 3.63) is 48.3 Å². The van der Waals surface area contributed by atoms with Gasteiger partial charge in [-0.25, -0.2) is 9.78 Å². The van der Waals surface area contributed by atoms with E-state index in [-0.39, 0.29) is 35.5 Å². The summed E-state index contributed by atoms with van der Waals surface area (Å²) in [4.78, 5) is 54.6. The molecule has 11 nitrogen and oxygen atoms in total. The van der Waals surface area contributed by atoms with E-state index in [4.69, 9.17) is 23.7 Å². The van der Waals surface area contributed by atoms with E-state index in [2.05, 4.69) is 10.3 Å². The Hall–Kier alpha value is -4.15. The Balaban J connectivity index is 1.53. The molecule has 4 atom stereocenters. The van der Waals surface area contributed by atoms with Crippen LogP contribution in [0.25, 0.3) is 0 Å². The van der Waals surface area contributed by atoms with Gasteiger partial charge in [0.1, 0.15) is 24.0 Å². The number of cyclic esters (lactones) is 1. The summed E-state index contributed by atoms with van der Waals surface area (Å²) >= 11 is 0. The van der Waals surface area contributed by atoms with Gasteiger partial charge >= 0.3 is 17.9 Å². The van der Waals surface area contributed by atoms with Crippen LogP contribution in [0.3, 0.4) is 0 Å². The van der Waals surface area contributed by atoms with E-state index in [9.17, 15) is 19.2 Å². The Morgan fingerprint density at radius 2 is 1.79 bits per heavy atom. The number of aromatic nitrogens is 1. The standard InChI is InChI=1S/C28H32N2O9/c1-16-24(39-27(33)18-12-13-18)22(38-19-8-5-4-6-9-19)11-7-10-20(28(34)36-16)30-26(32)23-25(37-17(2)31)21(35-3)14-15-29-23/h4-6,8-9,14-16,18,20,22,24H,7,10-13H2,1-3H3,(H,30,32). The van der Waals surface area contributed by atoms with E-state index < -0.39 is 42.2 Å². The molecule has 2 fully saturated rings. The van der Waals surface area contributed by atoms with Crippen molar-refractivity contribution in [3.63, 3.8) is 0 Å². The van der Waals surface area contributed by atoms with Gasteiger partial charge in [0.05, 0.1) is 13.0 Å². The SMILES string of the molecule is COc1ccnc(C(=O)NC2CCCC(Oc3ccccc3)C(OC(=O)C3CC3)C(C)OC2=O)c1OC(C)=O. The molecule has 1 saturated heterocycles. The van der Waals surface area contributed by atoms with E-state index in [0.29, 0.717) is 18.6 Å². The van der Waals surface area contributed by atoms with E-state index >= 15 is 0 Å². The highest BCUT2D eigenvalue weighted by atomic mass is 16.6. The molecule has 1 aromatic carbocycles. The minimum absolute atomic E-state index is 0.136. The van der Waals surface area contributed by atoms with Gasteiger partial charge in [-0.15, -0.1) is 0 Å². The van der Waals surface area contributed by atoms with Crippen LogP contribution in [0.15, 0.2) is 42.6 Å². The molecular weight excluding hydrogens is 508 g/mol. The number of para-hydroxylation sites is 1. The lowest BCUT2D eigenvalue weighted by molar-refractivity contribution is -0.175. The van der Waals surface area contributed by atoms with Crippen LogP contribution in [0.4, 0.5) is 0 Å². The van der Waals surface area contributed by atoms with Crippen molar-refractivity contribution in [2.45, 2.75) is 70.3 Å². The molecule has 1 N–H and O–H groups in total. The predicted octanol–water partition coefficient (Wildman–Crippen LogP) is 3.00. The summed E-state index contributed by atoms with van der Waals surface area (Å²) in [6.07, 6.45) is 1.70. The maximum atomic E-state index is 13.2. The van der Waals surface area contributed by atoms with Crippen LogP contribution in [0.2, 0.25) is 0 Å². The summed E-state index contributed by atoms with van der Waals surface area (Å²) in [5.41, 5.74) is -0.216. The van der Waals surface area contributed by atoms with Gasteiger partial charge < -0.3 is 29.0 Å². The zero-order chi connectivity index (χ0) is 27.9. The van der Waals surface area contributed by atoms with Gasteiger partial charge in [-0.2, -0.15) is 0 Å². The lowest BCUT2D eigenvalue weighted by atomic mass is 10.0. The number of amides is 1. The van der Waals surface area contributed by atoms with Crippen molar-refractivity contribution in [1.82, 2.24) is 10.3 Å². The summed E-state index contributed by atoms with van der Waals surface area (Å²) < 4.78 is 28.1. The minimum atomic E-state index is -1.03. The van der Waals surface area contributed by atoms with Gasteiger partial charge in [0.25, 0.3) is 5.91 Å². The topological polar surface area (TPSA) is 139 Å². The first-order chi connectivity index (χ1) is 18.8. The third-order valence-electron chi connectivity index (χ3n) is 6.45. The summed E-state index contributed by atoms with van der Waals surface area (Å²) in [5.74, 6) is -2.01. The summed E-state index contributed by atoms with van der Waals surface area (Å²) in [6.45, 7) is 2.82. The van der Waals surface area contributed by atoms with Gasteiger partial charge in [0.2, 0.25) is 5.75 Å². The largest absolute Gasteiger partial charge is 0.493 e. The normalized spacial score (nSPS) is 23.2. The Labute approximate surface area is 226 Å². The lowest BCUT2D eigenvalue weighted by Crippen LogP contribution is -2.47. The average Bonchev–Trinajstić information content (AvgIpc) is 3.76. The fourth-order valence-corrected chi connectivity index (χ4v) is 4.31. The monoisotopic (exact) mass is 540 g/mol. The van der Waals surface area contributed by atoms with Crippen LogP contribution in [0.5, 0.6) is 17.2 Å². The molecule has 0 spiro atoms. The molecule has 1 saturated carbocycles. The van der Waals surface area contributed by atoms with Crippen LogP contribution in [0, 0.1) is 5.92 Å². The van der Waals surface area contributed by atoms with Crippen molar-refractivity contribution in [3.8, 4) is 17.2 Å². The van der Waals surface area contributed by atoms with Gasteiger partial charge in [-0.3, -0.25) is 14.4 Å². The fourth-order valence-electron chi connectivity index (χ4n) is 4.31. The zero-order valence-corrected chi connectivity index (χ0v) is 22.1. The molecule has 1 aliphatic carbocycles. The van der Waals surface area contributed by atoms with Crippen molar-refractivity contribution >= 4 is 23.8 Å². The molecule has 0 bridgehead atoms. The van der Waals surface area contributed by atoms with Crippen molar-refractivity contribution in [2.24, 2.45) is 5.92 Å². The Morgan fingerprint density at radius 3 is 2.46 bits per heavy atom. The second kappa shape index (κ2) is 12.6. The molecule has 2 heterocycles. The highest BCUT2D eigenvalue weighted by Crippen LogP contribution is 2.33. The Bertz CT molecular complexity index is 1200. The zero-order valence-electron chi connectivity index (χ0n) is 22.1. The number of carbonyl (C=O) groups is 4. The molecule has 4 rings (SSSR count). The number of nitrogens with one attached hydrogen (secondary N) is 1. The first-order valence-corrected chi connectivity index (χ1v) is 12.9. The van der Waals surface area contributed by atoms with Gasteiger partial charge in [0, 0.05) is 19.2 Å². The number of pyridine rings is 1. The molecule has 11 heteroatoms. The summed E-state index contributed by atoms with van der Waals surface area (Å²) in [5, 5.41) is 2.64. The van der Waals surface area contributed by atoms with E-state index in [1.165, 1.54) is 26.3 Å². The van der Waals surface area contributed by atoms with Crippen LogP contribution in [0.1, 0.15) is 56.4 Å². The first-order valence-electron chi connectivity index (χ1n) is 12.9. The molecule has 2 aromatic rings. The fraction of sp³-hybridized carbons (Fsp3) is 0.464. The maximum Gasteiger partial charge on any atom is 0.329 e. The van der Waals surface area contributed by atoms with E-state index in [0.717, 1.165) is 12.8 Å². The quantitative estimate of drug-likeness (QED) is 0.497. The van der Waals surface area contributed by atoms with Crippen LogP contribution in [-0.4, -0.2) is 60.3 Å². The number of rotatable bonds is 8. The molecule has 1 amide bonds. The maximum absolute atomic E-state index is 13.2.